The predicted molar refractivity (Wildman–Crippen MR) is 92.9 cm³/mol. The van der Waals surface area contributed by atoms with E-state index in [1.807, 2.05) is 26.2 Å². The van der Waals surface area contributed by atoms with Crippen LogP contribution >= 0.6 is 0 Å². The quantitative estimate of drug-likeness (QED) is 0.851. The van der Waals surface area contributed by atoms with Gasteiger partial charge in [-0.15, -0.1) is 0 Å². The van der Waals surface area contributed by atoms with Crippen LogP contribution in [0, 0.1) is 0 Å². The number of nitrogens with zero attached hydrogens (tertiary/aromatic N) is 2. The number of aryl methyl sites for hydroxylation is 1. The molecule has 1 aliphatic heterocycles. The molecule has 2 aromatic rings. The zero-order chi connectivity index (χ0) is 18.0. The third-order valence-corrected chi connectivity index (χ3v) is 4.18. The molecule has 2 amide bonds. The van der Waals surface area contributed by atoms with Gasteiger partial charge in [-0.25, -0.2) is 0 Å². The Labute approximate surface area is 146 Å². The highest BCUT2D eigenvalue weighted by Crippen LogP contribution is 2.33. The molecule has 0 fully saturated rings. The zero-order valence-corrected chi connectivity index (χ0v) is 14.6. The van der Waals surface area contributed by atoms with Gasteiger partial charge >= 0.3 is 0 Å². The molecule has 7 heteroatoms. The lowest BCUT2D eigenvalue weighted by Crippen LogP contribution is -2.26. The van der Waals surface area contributed by atoms with Crippen molar-refractivity contribution in [2.45, 2.75) is 25.9 Å². The molecule has 2 N–H and O–H groups in total. The summed E-state index contributed by atoms with van der Waals surface area (Å²) in [5.74, 6) is 0.130. The second kappa shape index (κ2) is 6.96. The first-order valence-corrected chi connectivity index (χ1v) is 8.29. The molecule has 0 bridgehead atoms. The Bertz CT molecular complexity index is 813. The molecule has 3 rings (SSSR count). The topological polar surface area (TPSA) is 85.3 Å². The number of fused-ring (bicyclic) bond motifs is 1. The summed E-state index contributed by atoms with van der Waals surface area (Å²) in [6, 6.07) is 3.40. The first kappa shape index (κ1) is 17.0. The van der Waals surface area contributed by atoms with Gasteiger partial charge in [0.15, 0.2) is 0 Å². The van der Waals surface area contributed by atoms with Crippen molar-refractivity contribution in [1.82, 2.24) is 20.4 Å². The summed E-state index contributed by atoms with van der Waals surface area (Å²) < 4.78 is 7.47. The summed E-state index contributed by atoms with van der Waals surface area (Å²) in [6.07, 6.45) is 5.10. The van der Waals surface area contributed by atoms with Crippen LogP contribution in [-0.2, 0) is 19.9 Å². The molecular weight excluding hydrogens is 320 g/mol. The largest absolute Gasteiger partial charge is 0.489 e. The SMILES string of the molecule is CNC(=O)c1cc(C(=O)NCCc2cnn(C)c2)cc2c1OC(C)C2. The second-order valence-corrected chi connectivity index (χ2v) is 6.25. The first-order chi connectivity index (χ1) is 12.0. The molecule has 0 saturated carbocycles. The normalized spacial score (nSPS) is 15.4. The number of aromatic nitrogens is 2. The summed E-state index contributed by atoms with van der Waals surface area (Å²) in [5.41, 5.74) is 2.83. The summed E-state index contributed by atoms with van der Waals surface area (Å²) in [5, 5.41) is 9.60. The fourth-order valence-corrected chi connectivity index (χ4v) is 2.99. The Morgan fingerprint density at radius 1 is 1.36 bits per heavy atom. The lowest BCUT2D eigenvalue weighted by Gasteiger charge is -2.11. The zero-order valence-electron chi connectivity index (χ0n) is 14.6. The lowest BCUT2D eigenvalue weighted by atomic mass is 10.0. The smallest absolute Gasteiger partial charge is 0.254 e. The van der Waals surface area contributed by atoms with Crippen molar-refractivity contribution >= 4 is 11.8 Å². The van der Waals surface area contributed by atoms with Gasteiger partial charge < -0.3 is 15.4 Å². The lowest BCUT2D eigenvalue weighted by molar-refractivity contribution is 0.0954. The van der Waals surface area contributed by atoms with Crippen LogP contribution in [0.15, 0.2) is 24.5 Å². The van der Waals surface area contributed by atoms with Crippen molar-refractivity contribution in [3.8, 4) is 5.75 Å². The Balaban J connectivity index is 1.74. The minimum atomic E-state index is -0.254. The van der Waals surface area contributed by atoms with Gasteiger partial charge in [0.25, 0.3) is 11.8 Å². The van der Waals surface area contributed by atoms with Crippen molar-refractivity contribution in [2.24, 2.45) is 7.05 Å². The average Bonchev–Trinajstić information content (AvgIpc) is 3.17. The van der Waals surface area contributed by atoms with Crippen LogP contribution < -0.4 is 15.4 Å². The summed E-state index contributed by atoms with van der Waals surface area (Å²) in [4.78, 5) is 24.6. The Hall–Kier alpha value is -2.83. The number of carbonyl (C=O) groups excluding carboxylic acids is 2. The summed E-state index contributed by atoms with van der Waals surface area (Å²) >= 11 is 0. The minimum absolute atomic E-state index is 0.00213. The predicted octanol–water partition coefficient (Wildman–Crippen LogP) is 1.08. The van der Waals surface area contributed by atoms with Crippen molar-refractivity contribution in [3.05, 3.63) is 46.8 Å². The Morgan fingerprint density at radius 3 is 2.84 bits per heavy atom. The number of amides is 2. The number of nitrogens with one attached hydrogen (secondary N) is 2. The van der Waals surface area contributed by atoms with E-state index < -0.39 is 0 Å². The highest BCUT2D eigenvalue weighted by molar-refractivity contribution is 6.02. The molecule has 0 spiro atoms. The van der Waals surface area contributed by atoms with Crippen LogP contribution in [0.4, 0.5) is 0 Å². The molecule has 0 aliphatic carbocycles. The molecule has 1 unspecified atom stereocenters. The van der Waals surface area contributed by atoms with Gasteiger partial charge in [0, 0.05) is 38.8 Å². The Kier molecular flexibility index (Phi) is 4.74. The minimum Gasteiger partial charge on any atom is -0.489 e. The molecule has 1 aliphatic rings. The van der Waals surface area contributed by atoms with E-state index in [1.54, 1.807) is 24.0 Å². The molecule has 132 valence electrons. The number of hydrogen-bond donors (Lipinski definition) is 2. The molecule has 1 aromatic carbocycles. The van der Waals surface area contributed by atoms with E-state index in [2.05, 4.69) is 15.7 Å². The number of ether oxygens (including phenoxy) is 1. The van der Waals surface area contributed by atoms with Crippen LogP contribution in [0.1, 0.15) is 38.8 Å². The molecule has 0 radical (unpaired) electrons. The van der Waals surface area contributed by atoms with E-state index in [-0.39, 0.29) is 17.9 Å². The van der Waals surface area contributed by atoms with Gasteiger partial charge in [-0.3, -0.25) is 14.3 Å². The van der Waals surface area contributed by atoms with Crippen molar-refractivity contribution in [2.75, 3.05) is 13.6 Å². The fourth-order valence-electron chi connectivity index (χ4n) is 2.99. The van der Waals surface area contributed by atoms with Crippen LogP contribution in [0.2, 0.25) is 0 Å². The van der Waals surface area contributed by atoms with E-state index in [0.29, 0.717) is 36.3 Å². The highest BCUT2D eigenvalue weighted by Gasteiger charge is 2.27. The molecule has 1 aromatic heterocycles. The van der Waals surface area contributed by atoms with Crippen molar-refractivity contribution in [3.63, 3.8) is 0 Å². The first-order valence-electron chi connectivity index (χ1n) is 8.29. The van der Waals surface area contributed by atoms with E-state index >= 15 is 0 Å². The second-order valence-electron chi connectivity index (χ2n) is 6.25. The Morgan fingerprint density at radius 2 is 2.16 bits per heavy atom. The van der Waals surface area contributed by atoms with Crippen LogP contribution in [0.3, 0.4) is 0 Å². The number of hydrogen-bond acceptors (Lipinski definition) is 4. The number of rotatable bonds is 5. The molecule has 0 saturated heterocycles. The van der Waals surface area contributed by atoms with E-state index in [0.717, 1.165) is 11.1 Å². The molecule has 25 heavy (non-hydrogen) atoms. The maximum Gasteiger partial charge on any atom is 0.254 e. The van der Waals surface area contributed by atoms with Gasteiger partial charge in [-0.05, 0) is 36.6 Å². The molecule has 7 nitrogen and oxygen atoms in total. The van der Waals surface area contributed by atoms with Gasteiger partial charge in [0.2, 0.25) is 0 Å². The van der Waals surface area contributed by atoms with Gasteiger partial charge in [0.1, 0.15) is 11.9 Å². The summed E-state index contributed by atoms with van der Waals surface area (Å²) in [7, 11) is 3.42. The molecule has 2 heterocycles. The van der Waals surface area contributed by atoms with Gasteiger partial charge in [-0.1, -0.05) is 0 Å². The van der Waals surface area contributed by atoms with Crippen molar-refractivity contribution in [1.29, 1.82) is 0 Å². The molecule has 1 atom stereocenters. The van der Waals surface area contributed by atoms with Gasteiger partial charge in [0.05, 0.1) is 11.8 Å². The average molecular weight is 342 g/mol. The maximum absolute atomic E-state index is 12.5. The van der Waals surface area contributed by atoms with E-state index in [4.69, 9.17) is 4.74 Å². The van der Waals surface area contributed by atoms with Crippen molar-refractivity contribution < 1.29 is 14.3 Å². The third kappa shape index (κ3) is 3.65. The van der Waals surface area contributed by atoms with Crippen LogP contribution in [0.25, 0.3) is 0 Å². The van der Waals surface area contributed by atoms with Crippen LogP contribution in [0.5, 0.6) is 5.75 Å². The maximum atomic E-state index is 12.5. The fraction of sp³-hybridized carbons (Fsp3) is 0.389. The van der Waals surface area contributed by atoms with E-state index in [1.165, 1.54) is 0 Å². The monoisotopic (exact) mass is 342 g/mol. The van der Waals surface area contributed by atoms with E-state index in [9.17, 15) is 9.59 Å². The number of benzene rings is 1. The van der Waals surface area contributed by atoms with Gasteiger partial charge in [-0.2, -0.15) is 5.10 Å². The standard InChI is InChI=1S/C18H22N4O3/c1-11-6-13-7-14(8-15(16(13)25-11)18(24)19-2)17(23)20-5-4-12-9-21-22(3)10-12/h7-11H,4-6H2,1-3H3,(H,19,24)(H,20,23). The molecular formula is C18H22N4O3. The van der Waals surface area contributed by atoms with Crippen LogP contribution in [-0.4, -0.2) is 41.3 Å². The highest BCUT2D eigenvalue weighted by atomic mass is 16.5. The third-order valence-electron chi connectivity index (χ3n) is 4.18. The number of carbonyl (C=O) groups is 2. The summed E-state index contributed by atoms with van der Waals surface area (Å²) in [6.45, 7) is 2.45.